The molecule has 1 aromatic heterocycles. The van der Waals surface area contributed by atoms with E-state index >= 15 is 0 Å². The molecule has 2 aromatic rings. The van der Waals surface area contributed by atoms with E-state index in [0.717, 1.165) is 17.9 Å². The van der Waals surface area contributed by atoms with Gasteiger partial charge in [0.2, 0.25) is 0 Å². The number of nitrogens with zero attached hydrogens (tertiary/aromatic N) is 3. The molecule has 0 bridgehead atoms. The van der Waals surface area contributed by atoms with Gasteiger partial charge in [0, 0.05) is 13.7 Å². The molecule has 0 fully saturated rings. The van der Waals surface area contributed by atoms with E-state index in [-0.39, 0.29) is 0 Å². The molecule has 1 N–H and O–H groups in total. The van der Waals surface area contributed by atoms with Crippen LogP contribution in [-0.4, -0.2) is 29.2 Å². The first-order valence-electron chi connectivity index (χ1n) is 5.94. The van der Waals surface area contributed by atoms with E-state index in [4.69, 9.17) is 4.74 Å². The summed E-state index contributed by atoms with van der Waals surface area (Å²) in [6, 6.07) is 10.2. The number of nitrogens with one attached hydrogen (secondary N) is 1. The van der Waals surface area contributed by atoms with Crippen molar-refractivity contribution in [3.05, 3.63) is 47.3 Å². The summed E-state index contributed by atoms with van der Waals surface area (Å²) in [5, 5.41) is 11.5. The van der Waals surface area contributed by atoms with E-state index in [1.54, 1.807) is 7.11 Å². The minimum absolute atomic E-state index is 0.525. The molecule has 0 aliphatic heterocycles. The van der Waals surface area contributed by atoms with Crippen molar-refractivity contribution in [1.29, 1.82) is 0 Å². The van der Waals surface area contributed by atoms with Gasteiger partial charge in [-0.3, -0.25) is 0 Å². The fourth-order valence-electron chi connectivity index (χ4n) is 1.85. The first-order valence-corrected chi connectivity index (χ1v) is 5.94. The van der Waals surface area contributed by atoms with Gasteiger partial charge in [-0.2, -0.15) is 0 Å². The highest BCUT2D eigenvalue weighted by Crippen LogP contribution is 2.10. The molecule has 0 amide bonds. The highest BCUT2D eigenvalue weighted by molar-refractivity contribution is 5.17. The zero-order valence-corrected chi connectivity index (χ0v) is 10.8. The van der Waals surface area contributed by atoms with Gasteiger partial charge in [0.15, 0.2) is 0 Å². The summed E-state index contributed by atoms with van der Waals surface area (Å²) >= 11 is 0. The van der Waals surface area contributed by atoms with Crippen molar-refractivity contribution in [2.45, 2.75) is 19.7 Å². The molecule has 1 heterocycles. The molecule has 2 rings (SSSR count). The quantitative estimate of drug-likeness (QED) is 0.832. The number of methoxy groups -OCH3 is 1. The lowest BCUT2D eigenvalue weighted by Crippen LogP contribution is -2.11. The molecule has 18 heavy (non-hydrogen) atoms. The average Bonchev–Trinajstić information content (AvgIpc) is 2.75. The predicted octanol–water partition coefficient (Wildman–Crippen LogP) is 1.19. The van der Waals surface area contributed by atoms with Crippen LogP contribution in [0, 0.1) is 0 Å². The molecule has 5 nitrogen and oxygen atoms in total. The summed E-state index contributed by atoms with van der Waals surface area (Å²) in [6.07, 6.45) is 0. The standard InChI is InChI=1S/C13H18N4O/c1-14-8-12-13(10-18-2)17(16-15-12)9-11-6-4-3-5-7-11/h3-7,14H,8-10H2,1-2H3. The lowest BCUT2D eigenvalue weighted by atomic mass is 10.2. The van der Waals surface area contributed by atoms with E-state index in [9.17, 15) is 0 Å². The Morgan fingerprint density at radius 1 is 1.28 bits per heavy atom. The van der Waals surface area contributed by atoms with Crippen LogP contribution in [0.3, 0.4) is 0 Å². The largest absolute Gasteiger partial charge is 0.378 e. The molecular formula is C13H18N4O. The maximum Gasteiger partial charge on any atom is 0.102 e. The monoisotopic (exact) mass is 246 g/mol. The Hall–Kier alpha value is -1.72. The molecular weight excluding hydrogens is 228 g/mol. The second-order valence-electron chi connectivity index (χ2n) is 4.09. The van der Waals surface area contributed by atoms with E-state index in [0.29, 0.717) is 13.2 Å². The third kappa shape index (κ3) is 2.94. The van der Waals surface area contributed by atoms with E-state index in [1.165, 1.54) is 5.56 Å². The van der Waals surface area contributed by atoms with Crippen molar-refractivity contribution < 1.29 is 4.74 Å². The summed E-state index contributed by atoms with van der Waals surface area (Å²) in [6.45, 7) is 1.95. The third-order valence-electron chi connectivity index (χ3n) is 2.72. The number of hydrogen-bond donors (Lipinski definition) is 1. The van der Waals surface area contributed by atoms with Crippen LogP contribution in [0.2, 0.25) is 0 Å². The van der Waals surface area contributed by atoms with Crippen LogP contribution in [0.5, 0.6) is 0 Å². The van der Waals surface area contributed by atoms with Crippen molar-refractivity contribution in [1.82, 2.24) is 20.3 Å². The van der Waals surface area contributed by atoms with Crippen LogP contribution >= 0.6 is 0 Å². The first-order chi connectivity index (χ1) is 8.85. The summed E-state index contributed by atoms with van der Waals surface area (Å²) in [7, 11) is 3.58. The van der Waals surface area contributed by atoms with Gasteiger partial charge in [0.1, 0.15) is 5.69 Å². The highest BCUT2D eigenvalue weighted by Gasteiger charge is 2.12. The van der Waals surface area contributed by atoms with Gasteiger partial charge in [0.05, 0.1) is 18.8 Å². The lowest BCUT2D eigenvalue weighted by molar-refractivity contribution is 0.176. The van der Waals surface area contributed by atoms with Crippen LogP contribution < -0.4 is 5.32 Å². The van der Waals surface area contributed by atoms with Gasteiger partial charge < -0.3 is 10.1 Å². The fraction of sp³-hybridized carbons (Fsp3) is 0.385. The number of benzene rings is 1. The van der Waals surface area contributed by atoms with Gasteiger partial charge in [-0.05, 0) is 12.6 Å². The molecule has 0 aliphatic carbocycles. The van der Waals surface area contributed by atoms with Crippen LogP contribution in [-0.2, 0) is 24.4 Å². The number of hydrogen-bond acceptors (Lipinski definition) is 4. The fourth-order valence-corrected chi connectivity index (χ4v) is 1.85. The van der Waals surface area contributed by atoms with Gasteiger partial charge in [-0.1, -0.05) is 35.5 Å². The van der Waals surface area contributed by atoms with Gasteiger partial charge in [-0.15, -0.1) is 5.10 Å². The summed E-state index contributed by atoms with van der Waals surface area (Å²) < 4.78 is 7.12. The Kier molecular flexibility index (Phi) is 4.44. The Balaban J connectivity index is 2.21. The second kappa shape index (κ2) is 6.28. The predicted molar refractivity (Wildman–Crippen MR) is 69.0 cm³/mol. The van der Waals surface area contributed by atoms with Gasteiger partial charge in [0.25, 0.3) is 0 Å². The van der Waals surface area contributed by atoms with E-state index in [1.807, 2.05) is 29.9 Å². The highest BCUT2D eigenvalue weighted by atomic mass is 16.5. The Morgan fingerprint density at radius 2 is 2.06 bits per heavy atom. The van der Waals surface area contributed by atoms with Crippen LogP contribution in [0.4, 0.5) is 0 Å². The number of aromatic nitrogens is 3. The molecule has 0 saturated carbocycles. The van der Waals surface area contributed by atoms with Crippen molar-refractivity contribution in [3.8, 4) is 0 Å². The smallest absolute Gasteiger partial charge is 0.102 e. The Bertz CT molecular complexity index is 481. The zero-order chi connectivity index (χ0) is 12.8. The molecule has 1 aromatic carbocycles. The lowest BCUT2D eigenvalue weighted by Gasteiger charge is -2.07. The maximum absolute atomic E-state index is 5.22. The molecule has 0 saturated heterocycles. The van der Waals surface area contributed by atoms with Crippen molar-refractivity contribution >= 4 is 0 Å². The SMILES string of the molecule is CNCc1nnn(Cc2ccccc2)c1COC. The Morgan fingerprint density at radius 3 is 2.72 bits per heavy atom. The van der Waals surface area contributed by atoms with E-state index < -0.39 is 0 Å². The number of ether oxygens (including phenoxy) is 1. The molecule has 5 heteroatoms. The van der Waals surface area contributed by atoms with Crippen LogP contribution in [0.25, 0.3) is 0 Å². The third-order valence-corrected chi connectivity index (χ3v) is 2.72. The molecule has 96 valence electrons. The topological polar surface area (TPSA) is 52.0 Å². The summed E-state index contributed by atoms with van der Waals surface area (Å²) in [5.74, 6) is 0. The van der Waals surface area contributed by atoms with Gasteiger partial charge >= 0.3 is 0 Å². The zero-order valence-electron chi connectivity index (χ0n) is 10.8. The van der Waals surface area contributed by atoms with Crippen molar-refractivity contribution in [2.24, 2.45) is 0 Å². The van der Waals surface area contributed by atoms with Crippen molar-refractivity contribution in [2.75, 3.05) is 14.2 Å². The second-order valence-corrected chi connectivity index (χ2v) is 4.09. The average molecular weight is 246 g/mol. The molecule has 0 spiro atoms. The van der Waals surface area contributed by atoms with Gasteiger partial charge in [-0.25, -0.2) is 4.68 Å². The molecule has 0 atom stereocenters. The van der Waals surface area contributed by atoms with Crippen LogP contribution in [0.1, 0.15) is 17.0 Å². The minimum atomic E-state index is 0.525. The Labute approximate surface area is 107 Å². The van der Waals surface area contributed by atoms with Crippen molar-refractivity contribution in [3.63, 3.8) is 0 Å². The molecule has 0 aliphatic rings. The van der Waals surface area contributed by atoms with Crippen LogP contribution in [0.15, 0.2) is 30.3 Å². The normalized spacial score (nSPS) is 10.8. The number of rotatable bonds is 6. The maximum atomic E-state index is 5.22. The first kappa shape index (κ1) is 12.7. The minimum Gasteiger partial charge on any atom is -0.378 e. The van der Waals surface area contributed by atoms with E-state index in [2.05, 4.69) is 27.8 Å². The summed E-state index contributed by atoms with van der Waals surface area (Å²) in [4.78, 5) is 0. The summed E-state index contributed by atoms with van der Waals surface area (Å²) in [5.41, 5.74) is 3.17. The molecule has 0 unspecified atom stereocenters. The molecule has 0 radical (unpaired) electrons.